The maximum atomic E-state index is 12.0. The highest BCUT2D eigenvalue weighted by Gasteiger charge is 2.05. The number of nitrogens with two attached hydrogens (primary N) is 1. The largest absolute Gasteiger partial charge is 0.399 e. The van der Waals surface area contributed by atoms with Crippen LogP contribution in [0.15, 0.2) is 42.5 Å². The van der Waals surface area contributed by atoms with Crippen molar-refractivity contribution in [3.63, 3.8) is 0 Å². The van der Waals surface area contributed by atoms with Gasteiger partial charge in [0.1, 0.15) is 5.78 Å². The zero-order valence-corrected chi connectivity index (χ0v) is 12.1. The summed E-state index contributed by atoms with van der Waals surface area (Å²) in [5.74, 6) is 0.282. The first-order valence-corrected chi connectivity index (χ1v) is 6.97. The number of hydrogen-bond donors (Lipinski definition) is 1. The SMILES string of the molecule is Cc1ccc(CC(=O)CCc2ccc(N)cc2)cc1C. The van der Waals surface area contributed by atoms with E-state index < -0.39 is 0 Å². The minimum Gasteiger partial charge on any atom is -0.399 e. The lowest BCUT2D eigenvalue weighted by atomic mass is 9.99. The molecule has 0 aliphatic rings. The zero-order valence-electron chi connectivity index (χ0n) is 12.1. The molecule has 0 bridgehead atoms. The Morgan fingerprint density at radius 1 is 0.950 bits per heavy atom. The fourth-order valence-corrected chi connectivity index (χ4v) is 2.20. The van der Waals surface area contributed by atoms with Gasteiger partial charge in [-0.2, -0.15) is 0 Å². The highest BCUT2D eigenvalue weighted by Crippen LogP contribution is 2.12. The Morgan fingerprint density at radius 2 is 1.60 bits per heavy atom. The minimum absolute atomic E-state index is 0.282. The number of rotatable bonds is 5. The molecule has 2 aromatic carbocycles. The van der Waals surface area contributed by atoms with Crippen molar-refractivity contribution in [3.05, 3.63) is 64.7 Å². The fraction of sp³-hybridized carbons (Fsp3) is 0.278. The smallest absolute Gasteiger partial charge is 0.137 e. The zero-order chi connectivity index (χ0) is 14.5. The van der Waals surface area contributed by atoms with Gasteiger partial charge < -0.3 is 5.73 Å². The van der Waals surface area contributed by atoms with Crippen LogP contribution in [0.3, 0.4) is 0 Å². The average molecular weight is 267 g/mol. The standard InChI is InChI=1S/C18H21NO/c1-13-3-4-16(11-14(13)2)12-18(20)10-7-15-5-8-17(19)9-6-15/h3-6,8-9,11H,7,10,12,19H2,1-2H3. The number of carbonyl (C=O) groups excluding carboxylic acids is 1. The van der Waals surface area contributed by atoms with Gasteiger partial charge in [0.2, 0.25) is 0 Å². The van der Waals surface area contributed by atoms with Crippen LogP contribution in [0.2, 0.25) is 0 Å². The summed E-state index contributed by atoms with van der Waals surface area (Å²) < 4.78 is 0. The topological polar surface area (TPSA) is 43.1 Å². The van der Waals surface area contributed by atoms with Crippen LogP contribution in [-0.2, 0) is 17.6 Å². The molecule has 0 heterocycles. The van der Waals surface area contributed by atoms with Crippen molar-refractivity contribution >= 4 is 11.5 Å². The van der Waals surface area contributed by atoms with Gasteiger partial charge in [-0.1, -0.05) is 30.3 Å². The van der Waals surface area contributed by atoms with Gasteiger partial charge in [0.25, 0.3) is 0 Å². The van der Waals surface area contributed by atoms with Crippen molar-refractivity contribution in [1.82, 2.24) is 0 Å². The molecule has 2 aromatic rings. The second kappa shape index (κ2) is 6.38. The molecule has 104 valence electrons. The Morgan fingerprint density at radius 3 is 2.25 bits per heavy atom. The molecule has 0 aromatic heterocycles. The van der Waals surface area contributed by atoms with E-state index >= 15 is 0 Å². The molecule has 20 heavy (non-hydrogen) atoms. The summed E-state index contributed by atoms with van der Waals surface area (Å²) in [5.41, 5.74) is 11.2. The lowest BCUT2D eigenvalue weighted by Crippen LogP contribution is -2.05. The van der Waals surface area contributed by atoms with Crippen molar-refractivity contribution < 1.29 is 4.79 Å². The predicted molar refractivity (Wildman–Crippen MR) is 83.8 cm³/mol. The van der Waals surface area contributed by atoms with E-state index in [2.05, 4.69) is 26.0 Å². The fourth-order valence-electron chi connectivity index (χ4n) is 2.20. The van der Waals surface area contributed by atoms with E-state index in [0.717, 1.165) is 23.2 Å². The van der Waals surface area contributed by atoms with E-state index in [0.29, 0.717) is 12.8 Å². The van der Waals surface area contributed by atoms with Crippen LogP contribution in [0.1, 0.15) is 28.7 Å². The molecule has 0 atom stereocenters. The molecule has 0 aliphatic carbocycles. The van der Waals surface area contributed by atoms with Crippen molar-refractivity contribution in [2.45, 2.75) is 33.1 Å². The van der Waals surface area contributed by atoms with E-state index in [1.807, 2.05) is 30.3 Å². The summed E-state index contributed by atoms with van der Waals surface area (Å²) in [6, 6.07) is 14.0. The molecule has 0 radical (unpaired) electrons. The Balaban J connectivity index is 1.89. The quantitative estimate of drug-likeness (QED) is 0.841. The van der Waals surface area contributed by atoms with Crippen LogP contribution in [0, 0.1) is 13.8 Å². The third-order valence-electron chi connectivity index (χ3n) is 3.64. The molecular weight excluding hydrogens is 246 g/mol. The van der Waals surface area contributed by atoms with Crippen molar-refractivity contribution in [2.24, 2.45) is 0 Å². The van der Waals surface area contributed by atoms with Gasteiger partial charge in [-0.3, -0.25) is 4.79 Å². The molecule has 0 saturated heterocycles. The predicted octanol–water partition coefficient (Wildman–Crippen LogP) is 3.63. The van der Waals surface area contributed by atoms with Gasteiger partial charge in [0, 0.05) is 18.5 Å². The number of ketones is 1. The van der Waals surface area contributed by atoms with Crippen molar-refractivity contribution in [2.75, 3.05) is 5.73 Å². The van der Waals surface area contributed by atoms with E-state index in [1.165, 1.54) is 11.1 Å². The lowest BCUT2D eigenvalue weighted by molar-refractivity contribution is -0.118. The second-order valence-corrected chi connectivity index (χ2v) is 5.38. The van der Waals surface area contributed by atoms with Crippen LogP contribution < -0.4 is 5.73 Å². The maximum Gasteiger partial charge on any atom is 0.137 e. The Hall–Kier alpha value is -2.09. The number of carbonyl (C=O) groups is 1. The molecule has 0 spiro atoms. The Kier molecular flexibility index (Phi) is 4.57. The van der Waals surface area contributed by atoms with Crippen LogP contribution in [-0.4, -0.2) is 5.78 Å². The molecular formula is C18H21NO. The number of hydrogen-bond acceptors (Lipinski definition) is 2. The summed E-state index contributed by atoms with van der Waals surface area (Å²) in [7, 11) is 0. The molecule has 0 fully saturated rings. The third-order valence-corrected chi connectivity index (χ3v) is 3.64. The first kappa shape index (κ1) is 14.3. The molecule has 2 nitrogen and oxygen atoms in total. The second-order valence-electron chi connectivity index (χ2n) is 5.38. The average Bonchev–Trinajstić information content (AvgIpc) is 2.42. The molecule has 0 aliphatic heterocycles. The Bertz CT molecular complexity index is 599. The van der Waals surface area contributed by atoms with Crippen molar-refractivity contribution in [1.29, 1.82) is 0 Å². The van der Waals surface area contributed by atoms with E-state index in [1.54, 1.807) is 0 Å². The highest BCUT2D eigenvalue weighted by atomic mass is 16.1. The Labute approximate surface area is 120 Å². The number of anilines is 1. The molecule has 0 unspecified atom stereocenters. The van der Waals surface area contributed by atoms with Crippen LogP contribution >= 0.6 is 0 Å². The summed E-state index contributed by atoms with van der Waals surface area (Å²) in [5, 5.41) is 0. The normalized spacial score (nSPS) is 10.5. The van der Waals surface area contributed by atoms with E-state index in [-0.39, 0.29) is 5.78 Å². The highest BCUT2D eigenvalue weighted by molar-refractivity contribution is 5.81. The van der Waals surface area contributed by atoms with Gasteiger partial charge in [-0.05, 0) is 54.7 Å². The number of Topliss-reactive ketones (excluding diaryl/α,β-unsaturated/α-hetero) is 1. The third kappa shape index (κ3) is 3.95. The maximum absolute atomic E-state index is 12.0. The van der Waals surface area contributed by atoms with Crippen LogP contribution in [0.25, 0.3) is 0 Å². The molecule has 0 amide bonds. The summed E-state index contributed by atoms with van der Waals surface area (Å²) in [4.78, 5) is 12.0. The lowest BCUT2D eigenvalue weighted by Gasteiger charge is -2.05. The van der Waals surface area contributed by atoms with E-state index in [9.17, 15) is 4.79 Å². The van der Waals surface area contributed by atoms with Crippen LogP contribution in [0.5, 0.6) is 0 Å². The number of benzene rings is 2. The first-order chi connectivity index (χ1) is 9.54. The molecule has 2 heteroatoms. The van der Waals surface area contributed by atoms with Crippen LogP contribution in [0.4, 0.5) is 5.69 Å². The van der Waals surface area contributed by atoms with Gasteiger partial charge in [0.05, 0.1) is 0 Å². The molecule has 2 rings (SSSR count). The minimum atomic E-state index is 0.282. The van der Waals surface area contributed by atoms with Crippen molar-refractivity contribution in [3.8, 4) is 0 Å². The number of aryl methyl sites for hydroxylation is 3. The summed E-state index contributed by atoms with van der Waals surface area (Å²) in [6.07, 6.45) is 1.89. The molecule has 0 saturated carbocycles. The van der Waals surface area contributed by atoms with Gasteiger partial charge in [-0.25, -0.2) is 0 Å². The summed E-state index contributed by atoms with van der Waals surface area (Å²) >= 11 is 0. The first-order valence-electron chi connectivity index (χ1n) is 6.97. The van der Waals surface area contributed by atoms with Gasteiger partial charge in [0.15, 0.2) is 0 Å². The summed E-state index contributed by atoms with van der Waals surface area (Å²) in [6.45, 7) is 4.17. The molecule has 2 N–H and O–H groups in total. The van der Waals surface area contributed by atoms with E-state index in [4.69, 9.17) is 5.73 Å². The number of nitrogen functional groups attached to an aromatic ring is 1. The van der Waals surface area contributed by atoms with Gasteiger partial charge >= 0.3 is 0 Å². The van der Waals surface area contributed by atoms with Gasteiger partial charge in [-0.15, -0.1) is 0 Å². The monoisotopic (exact) mass is 267 g/mol.